The van der Waals surface area contributed by atoms with Crippen molar-refractivity contribution in [3.05, 3.63) is 12.2 Å². The lowest BCUT2D eigenvalue weighted by atomic mass is 10.0. The normalized spacial score (nSPS) is 13.4. The molecule has 2 atom stereocenters. The number of hydrogen-bond acceptors (Lipinski definition) is 8. The number of allylic oxidation sites excluding steroid dienone is 2. The fourth-order valence-corrected chi connectivity index (χ4v) is 8.91. The van der Waals surface area contributed by atoms with Gasteiger partial charge in [0.05, 0.1) is 27.7 Å². The van der Waals surface area contributed by atoms with Crippen LogP contribution >= 0.6 is 7.82 Å². The van der Waals surface area contributed by atoms with Crippen molar-refractivity contribution in [2.24, 2.45) is 0 Å². The maximum Gasteiger partial charge on any atom is 0.306 e. The first-order chi connectivity index (χ1) is 31.5. The second-order valence-electron chi connectivity index (χ2n) is 20.3. The molecule has 0 spiro atoms. The highest BCUT2D eigenvalue weighted by Gasteiger charge is 2.22. The number of unbranched alkanes of at least 4 members (excludes halogenated alkanes) is 36. The van der Waals surface area contributed by atoms with Gasteiger partial charge in [0, 0.05) is 12.8 Å². The third kappa shape index (κ3) is 52.0. The fraction of sp³-hybridized carbons (Fsp3) is 0.927. The third-order valence-electron chi connectivity index (χ3n) is 12.5. The molecule has 0 saturated heterocycles. The summed E-state index contributed by atoms with van der Waals surface area (Å²) in [6.07, 6.45) is 54.1. The van der Waals surface area contributed by atoms with E-state index in [2.05, 4.69) is 26.0 Å². The second-order valence-corrected chi connectivity index (χ2v) is 21.7. The number of quaternary nitrogens is 1. The van der Waals surface area contributed by atoms with Gasteiger partial charge in [-0.25, -0.2) is 0 Å². The van der Waals surface area contributed by atoms with Gasteiger partial charge in [0.2, 0.25) is 0 Å². The SMILES string of the molecule is CCCCCCC/C=C\CCCCCCCC(=O)OC(COC(=O)CCCCCCCCCCCCCCCCCCCCCCCCCCCCC)COP(=O)([O-])OCC[N+](C)(C)C. The number of carbonyl (C=O) groups is 2. The summed E-state index contributed by atoms with van der Waals surface area (Å²) >= 11 is 0. The molecule has 9 nitrogen and oxygen atoms in total. The smallest absolute Gasteiger partial charge is 0.306 e. The minimum absolute atomic E-state index is 0.0290. The van der Waals surface area contributed by atoms with E-state index in [1.807, 2.05) is 21.1 Å². The van der Waals surface area contributed by atoms with Crippen LogP contribution in [0.3, 0.4) is 0 Å². The van der Waals surface area contributed by atoms with E-state index in [-0.39, 0.29) is 32.0 Å². The summed E-state index contributed by atoms with van der Waals surface area (Å²) in [6, 6.07) is 0. The van der Waals surface area contributed by atoms with Crippen LogP contribution in [0.5, 0.6) is 0 Å². The zero-order valence-electron chi connectivity index (χ0n) is 43.7. The first-order valence-electron chi connectivity index (χ1n) is 27.9. The molecule has 0 aromatic carbocycles. The van der Waals surface area contributed by atoms with Crippen LogP contribution in [0.4, 0.5) is 0 Å². The monoisotopic (exact) mass is 942 g/mol. The summed E-state index contributed by atoms with van der Waals surface area (Å²) in [5, 5.41) is 0. The number of carbonyl (C=O) groups excluding carboxylic acids is 2. The van der Waals surface area contributed by atoms with E-state index in [9.17, 15) is 19.0 Å². The molecular weight excluding hydrogens is 834 g/mol. The Balaban J connectivity index is 4.05. The molecule has 0 aromatic heterocycles. The van der Waals surface area contributed by atoms with Crippen molar-refractivity contribution in [2.45, 2.75) is 283 Å². The van der Waals surface area contributed by atoms with E-state index in [0.717, 1.165) is 51.4 Å². The Hall–Kier alpha value is -1.25. The van der Waals surface area contributed by atoms with Gasteiger partial charge < -0.3 is 27.9 Å². The third-order valence-corrected chi connectivity index (χ3v) is 13.5. The fourth-order valence-electron chi connectivity index (χ4n) is 8.18. The van der Waals surface area contributed by atoms with Gasteiger partial charge in [0.1, 0.15) is 19.8 Å². The minimum atomic E-state index is -4.63. The lowest BCUT2D eigenvalue weighted by molar-refractivity contribution is -0.870. The summed E-state index contributed by atoms with van der Waals surface area (Å²) in [6.45, 7) is 4.26. The average molecular weight is 942 g/mol. The number of esters is 2. The summed E-state index contributed by atoms with van der Waals surface area (Å²) < 4.78 is 34.1. The summed E-state index contributed by atoms with van der Waals surface area (Å²) in [7, 11) is 1.18. The summed E-state index contributed by atoms with van der Waals surface area (Å²) in [5.74, 6) is -0.828. The first-order valence-corrected chi connectivity index (χ1v) is 29.4. The molecule has 0 radical (unpaired) electrons. The predicted octanol–water partition coefficient (Wildman–Crippen LogP) is 16.2. The Morgan fingerprint density at radius 3 is 1.14 bits per heavy atom. The van der Waals surface area contributed by atoms with Crippen LogP contribution in [0.1, 0.15) is 277 Å². The molecule has 0 aliphatic rings. The second kappa shape index (κ2) is 47.8. The van der Waals surface area contributed by atoms with E-state index in [1.165, 1.54) is 193 Å². The highest BCUT2D eigenvalue weighted by molar-refractivity contribution is 7.45. The molecule has 0 rings (SSSR count). The van der Waals surface area contributed by atoms with E-state index in [4.69, 9.17) is 18.5 Å². The number of phosphoric ester groups is 1. The lowest BCUT2D eigenvalue weighted by Gasteiger charge is -2.28. The van der Waals surface area contributed by atoms with Crippen molar-refractivity contribution < 1.29 is 42.1 Å². The van der Waals surface area contributed by atoms with E-state index in [0.29, 0.717) is 17.4 Å². The Labute approximate surface area is 403 Å². The molecule has 0 aromatic rings. The molecule has 2 unspecified atom stereocenters. The molecular formula is C55H108NO8P. The number of rotatable bonds is 52. The lowest BCUT2D eigenvalue weighted by Crippen LogP contribution is -2.37. The maximum absolute atomic E-state index is 12.7. The highest BCUT2D eigenvalue weighted by Crippen LogP contribution is 2.38. The molecule has 0 fully saturated rings. The Bertz CT molecular complexity index is 1110. The molecule has 386 valence electrons. The molecule has 0 aliphatic heterocycles. The topological polar surface area (TPSA) is 111 Å². The predicted molar refractivity (Wildman–Crippen MR) is 273 cm³/mol. The molecule has 10 heteroatoms. The van der Waals surface area contributed by atoms with E-state index in [1.54, 1.807) is 0 Å². The first kappa shape index (κ1) is 63.8. The summed E-state index contributed by atoms with van der Waals surface area (Å²) in [4.78, 5) is 37.7. The average Bonchev–Trinajstić information content (AvgIpc) is 3.26. The Kier molecular flexibility index (Phi) is 46.9. The van der Waals surface area contributed by atoms with Crippen LogP contribution in [0.15, 0.2) is 12.2 Å². The van der Waals surface area contributed by atoms with Crippen molar-refractivity contribution in [3.8, 4) is 0 Å². The van der Waals surface area contributed by atoms with Crippen molar-refractivity contribution in [1.82, 2.24) is 0 Å². The molecule has 0 amide bonds. The van der Waals surface area contributed by atoms with Crippen LogP contribution in [-0.2, 0) is 32.7 Å². The van der Waals surface area contributed by atoms with Gasteiger partial charge in [0.25, 0.3) is 7.82 Å². The summed E-state index contributed by atoms with van der Waals surface area (Å²) in [5.41, 5.74) is 0. The maximum atomic E-state index is 12.7. The zero-order chi connectivity index (χ0) is 47.8. The van der Waals surface area contributed by atoms with Gasteiger partial charge in [-0.3, -0.25) is 14.2 Å². The number of likely N-dealkylation sites (N-methyl/N-ethyl adjacent to an activating group) is 1. The highest BCUT2D eigenvalue weighted by atomic mass is 31.2. The number of hydrogen-bond donors (Lipinski definition) is 0. The van der Waals surface area contributed by atoms with Crippen molar-refractivity contribution >= 4 is 19.8 Å². The molecule has 0 saturated carbocycles. The van der Waals surface area contributed by atoms with Gasteiger partial charge in [-0.2, -0.15) is 0 Å². The van der Waals surface area contributed by atoms with Gasteiger partial charge in [-0.15, -0.1) is 0 Å². The molecule has 0 aliphatic carbocycles. The van der Waals surface area contributed by atoms with Crippen molar-refractivity contribution in [2.75, 3.05) is 47.5 Å². The Morgan fingerprint density at radius 2 is 0.785 bits per heavy atom. The minimum Gasteiger partial charge on any atom is -0.756 e. The quantitative estimate of drug-likeness (QED) is 0.0195. The molecule has 0 N–H and O–H groups in total. The van der Waals surface area contributed by atoms with Crippen LogP contribution < -0.4 is 4.89 Å². The largest absolute Gasteiger partial charge is 0.756 e. The van der Waals surface area contributed by atoms with Crippen molar-refractivity contribution in [3.63, 3.8) is 0 Å². The van der Waals surface area contributed by atoms with Gasteiger partial charge >= 0.3 is 11.9 Å². The van der Waals surface area contributed by atoms with Gasteiger partial charge in [-0.05, 0) is 38.5 Å². The van der Waals surface area contributed by atoms with Crippen LogP contribution in [0.25, 0.3) is 0 Å². The van der Waals surface area contributed by atoms with Gasteiger partial charge in [-0.1, -0.05) is 238 Å². The van der Waals surface area contributed by atoms with Crippen LogP contribution in [-0.4, -0.2) is 70.0 Å². The molecule has 65 heavy (non-hydrogen) atoms. The Morgan fingerprint density at radius 1 is 0.462 bits per heavy atom. The molecule has 0 bridgehead atoms. The zero-order valence-corrected chi connectivity index (χ0v) is 44.6. The standard InChI is InChI=1S/C55H108NO8P/c1-6-8-10-12-14-16-18-20-22-23-24-25-26-27-28-29-30-31-32-33-34-36-37-39-41-43-45-47-54(57)61-51-53(52-63-65(59,60)62-50-49-56(3,4)5)64-55(58)48-46-44-42-40-38-35-21-19-17-15-13-11-9-7-2/h19,21,53H,6-18,20,22-52H2,1-5H3/b21-19-. The number of phosphoric acid groups is 1. The van der Waals surface area contributed by atoms with E-state index >= 15 is 0 Å². The van der Waals surface area contributed by atoms with E-state index < -0.39 is 26.5 Å². The number of nitrogens with zero attached hydrogens (tertiary/aromatic N) is 1. The van der Waals surface area contributed by atoms with Crippen molar-refractivity contribution in [1.29, 1.82) is 0 Å². The molecule has 0 heterocycles. The van der Waals surface area contributed by atoms with Gasteiger partial charge in [0.15, 0.2) is 6.10 Å². The number of ether oxygens (including phenoxy) is 2. The van der Waals surface area contributed by atoms with Crippen LogP contribution in [0.2, 0.25) is 0 Å². The van der Waals surface area contributed by atoms with Crippen LogP contribution in [0, 0.1) is 0 Å².